The molecule has 0 aromatic carbocycles. The molecule has 22 heteroatoms. The standard InChI is InChI=1S/C41H76N4O18/c1-59-25-26-22-27(60-2)23-45(26)33(51)15-4-3-8-18-43-39(57)28(44-32(50)14-7-11-21-62-41-38(56)36(54)35(53)30(24-47)63-41)12-5-9-17-42-31(49)13-6-10-20-61-40(58)37(55)34(52)29(48)16-19-46/h26-30,34-38,40-41,46-48,52-56,58H,3-25H2,1-2H3,(H,42,49)(H,43,57)(H,44,50)/t26-,27+,28+,29?,30?,34?,35?,36?,37?,38?,40?,41?/m0/s1. The number of methoxy groups -OCH3 is 2. The predicted octanol–water partition coefficient (Wildman–Crippen LogP) is -3.35. The number of hydrogen-bond donors (Lipinski definition) is 12. The molecule has 12 N–H and O–H groups in total. The lowest BCUT2D eigenvalue weighted by molar-refractivity contribution is -0.301. The second kappa shape index (κ2) is 32.1. The van der Waals surface area contributed by atoms with Crippen LogP contribution in [-0.4, -0.2) is 215 Å². The fourth-order valence-electron chi connectivity index (χ4n) is 7.26. The molecule has 0 aromatic rings. The normalized spacial score (nSPS) is 24.9. The minimum Gasteiger partial charge on any atom is -0.396 e. The van der Waals surface area contributed by atoms with Crippen molar-refractivity contribution in [3.63, 3.8) is 0 Å². The SMILES string of the molecule is COC[C@@H]1C[C@@H](OC)CN1C(=O)CCCCCNC(=O)[C@@H](CCCCNC(=O)CCCCOC(O)C(O)C(O)C(O)CCO)NC(=O)CCCCOC1OC(CO)C(O)C(O)C1O. The first-order chi connectivity index (χ1) is 30.2. The monoisotopic (exact) mass is 913 g/mol. The lowest BCUT2D eigenvalue weighted by atomic mass is 9.99. The van der Waals surface area contributed by atoms with Gasteiger partial charge in [-0.15, -0.1) is 0 Å². The molecular weight excluding hydrogens is 836 g/mol. The number of carbonyl (C=O) groups is 4. The van der Waals surface area contributed by atoms with Gasteiger partial charge in [0, 0.05) is 72.9 Å². The zero-order chi connectivity index (χ0) is 46.7. The van der Waals surface area contributed by atoms with Crippen LogP contribution in [0.2, 0.25) is 0 Å². The Labute approximate surface area is 369 Å². The van der Waals surface area contributed by atoms with Crippen LogP contribution in [0.3, 0.4) is 0 Å². The molecule has 0 aromatic heterocycles. The van der Waals surface area contributed by atoms with Crippen LogP contribution >= 0.6 is 0 Å². The number of amides is 4. The van der Waals surface area contributed by atoms with Gasteiger partial charge in [-0.3, -0.25) is 19.2 Å². The third-order valence-electron chi connectivity index (χ3n) is 11.1. The number of hydrogen-bond acceptors (Lipinski definition) is 18. The first-order valence-corrected chi connectivity index (χ1v) is 22.2. The molecule has 2 saturated heterocycles. The van der Waals surface area contributed by atoms with Crippen molar-refractivity contribution in [2.24, 2.45) is 0 Å². The average Bonchev–Trinajstić information content (AvgIpc) is 3.69. The van der Waals surface area contributed by atoms with E-state index in [4.69, 9.17) is 28.8 Å². The molecule has 0 bridgehead atoms. The van der Waals surface area contributed by atoms with Crippen molar-refractivity contribution in [2.45, 2.75) is 170 Å². The molecule has 12 atom stereocenters. The molecule has 2 aliphatic rings. The molecule has 4 amide bonds. The molecule has 22 nitrogen and oxygen atoms in total. The third-order valence-corrected chi connectivity index (χ3v) is 11.1. The number of likely N-dealkylation sites (tertiary alicyclic amines) is 1. The van der Waals surface area contributed by atoms with Gasteiger partial charge < -0.3 is 90.5 Å². The van der Waals surface area contributed by atoms with Crippen LogP contribution in [0, 0.1) is 0 Å². The fourth-order valence-corrected chi connectivity index (χ4v) is 7.26. The highest BCUT2D eigenvalue weighted by Crippen LogP contribution is 2.23. The smallest absolute Gasteiger partial charge is 0.242 e. The molecule has 0 spiro atoms. The summed E-state index contributed by atoms with van der Waals surface area (Å²) in [5, 5.41) is 96.1. The Morgan fingerprint density at radius 2 is 1.41 bits per heavy atom. The van der Waals surface area contributed by atoms with E-state index in [0.29, 0.717) is 96.9 Å². The zero-order valence-corrected chi connectivity index (χ0v) is 36.8. The van der Waals surface area contributed by atoms with Gasteiger partial charge in [0.05, 0.1) is 31.5 Å². The van der Waals surface area contributed by atoms with Crippen LogP contribution in [0.1, 0.15) is 96.3 Å². The van der Waals surface area contributed by atoms with Gasteiger partial charge in [-0.1, -0.05) is 6.42 Å². The molecule has 2 heterocycles. The van der Waals surface area contributed by atoms with E-state index in [-0.39, 0.29) is 68.3 Å². The fraction of sp³-hybridized carbons (Fsp3) is 0.902. The summed E-state index contributed by atoms with van der Waals surface area (Å²) in [6, 6.07) is -0.875. The maximum Gasteiger partial charge on any atom is 0.242 e. The molecule has 0 radical (unpaired) electrons. The Kier molecular flexibility index (Phi) is 28.7. The quantitative estimate of drug-likeness (QED) is 0.0222. The van der Waals surface area contributed by atoms with Gasteiger partial charge in [0.15, 0.2) is 12.6 Å². The highest BCUT2D eigenvalue weighted by atomic mass is 16.7. The first-order valence-electron chi connectivity index (χ1n) is 22.2. The van der Waals surface area contributed by atoms with Crippen molar-refractivity contribution in [1.29, 1.82) is 0 Å². The minimum atomic E-state index is -1.79. The molecule has 0 aliphatic carbocycles. The minimum absolute atomic E-state index is 0.0202. The van der Waals surface area contributed by atoms with Gasteiger partial charge in [-0.05, 0) is 70.6 Å². The molecule has 0 saturated carbocycles. The number of nitrogens with zero attached hydrogens (tertiary/aromatic N) is 1. The Morgan fingerprint density at radius 3 is 2.10 bits per heavy atom. The first kappa shape index (κ1) is 56.4. The van der Waals surface area contributed by atoms with Crippen LogP contribution < -0.4 is 16.0 Å². The van der Waals surface area contributed by atoms with E-state index in [1.165, 1.54) is 0 Å². The van der Waals surface area contributed by atoms with Crippen LogP contribution in [0.15, 0.2) is 0 Å². The Bertz CT molecular complexity index is 1290. The summed E-state index contributed by atoms with van der Waals surface area (Å²) >= 11 is 0. The molecular formula is C41H76N4O18. The van der Waals surface area contributed by atoms with Crippen molar-refractivity contribution in [1.82, 2.24) is 20.9 Å². The molecule has 2 aliphatic heterocycles. The largest absolute Gasteiger partial charge is 0.396 e. The van der Waals surface area contributed by atoms with E-state index in [1.807, 2.05) is 4.90 Å². The van der Waals surface area contributed by atoms with E-state index in [2.05, 4.69) is 16.0 Å². The molecule has 63 heavy (non-hydrogen) atoms. The van der Waals surface area contributed by atoms with Crippen molar-refractivity contribution < 1.29 is 88.8 Å². The van der Waals surface area contributed by atoms with E-state index in [0.717, 1.165) is 6.42 Å². The molecule has 2 rings (SSSR count). The van der Waals surface area contributed by atoms with Gasteiger partial charge in [-0.25, -0.2) is 0 Å². The topological polar surface area (TPSA) is 336 Å². The van der Waals surface area contributed by atoms with Crippen molar-refractivity contribution in [3.05, 3.63) is 0 Å². The van der Waals surface area contributed by atoms with Gasteiger partial charge in [0.1, 0.15) is 42.7 Å². The van der Waals surface area contributed by atoms with Crippen LogP contribution in [-0.2, 0) is 42.9 Å². The second-order valence-corrected chi connectivity index (χ2v) is 16.1. The van der Waals surface area contributed by atoms with Gasteiger partial charge in [0.25, 0.3) is 0 Å². The Hall–Kier alpha value is -2.68. The van der Waals surface area contributed by atoms with Gasteiger partial charge >= 0.3 is 0 Å². The second-order valence-electron chi connectivity index (χ2n) is 16.1. The van der Waals surface area contributed by atoms with E-state index in [9.17, 15) is 60.0 Å². The summed E-state index contributed by atoms with van der Waals surface area (Å²) in [5.74, 6) is -0.932. The summed E-state index contributed by atoms with van der Waals surface area (Å²) in [6.07, 6.45) is -7.90. The number of aliphatic hydroxyl groups excluding tert-OH is 9. The predicted molar refractivity (Wildman–Crippen MR) is 222 cm³/mol. The van der Waals surface area contributed by atoms with Gasteiger partial charge in [-0.2, -0.15) is 0 Å². The summed E-state index contributed by atoms with van der Waals surface area (Å²) in [5.41, 5.74) is 0. The summed E-state index contributed by atoms with van der Waals surface area (Å²) in [7, 11) is 3.23. The molecule has 368 valence electrons. The number of nitrogens with one attached hydrogen (secondary N) is 3. The Balaban J connectivity index is 1.76. The maximum atomic E-state index is 13.3. The molecule has 2 fully saturated rings. The maximum absolute atomic E-state index is 13.3. The van der Waals surface area contributed by atoms with E-state index < -0.39 is 74.6 Å². The van der Waals surface area contributed by atoms with Gasteiger partial charge in [0.2, 0.25) is 23.6 Å². The van der Waals surface area contributed by atoms with Crippen LogP contribution in [0.5, 0.6) is 0 Å². The molecule has 9 unspecified atom stereocenters. The van der Waals surface area contributed by atoms with E-state index in [1.54, 1.807) is 14.2 Å². The van der Waals surface area contributed by atoms with E-state index >= 15 is 0 Å². The van der Waals surface area contributed by atoms with Crippen molar-refractivity contribution in [2.75, 3.05) is 66.9 Å². The number of unbranched alkanes of at least 4 members (excludes halogenated alkanes) is 5. The third kappa shape index (κ3) is 21.0. The number of aliphatic hydroxyl groups is 9. The van der Waals surface area contributed by atoms with Crippen LogP contribution in [0.25, 0.3) is 0 Å². The summed E-state index contributed by atoms with van der Waals surface area (Å²) in [4.78, 5) is 53.3. The average molecular weight is 913 g/mol. The lowest BCUT2D eigenvalue weighted by Crippen LogP contribution is -2.59. The highest BCUT2D eigenvalue weighted by Gasteiger charge is 2.44. The number of carbonyl (C=O) groups excluding carboxylic acids is 4. The summed E-state index contributed by atoms with van der Waals surface area (Å²) < 4.78 is 26.6. The van der Waals surface area contributed by atoms with Crippen molar-refractivity contribution in [3.8, 4) is 0 Å². The summed E-state index contributed by atoms with van der Waals surface area (Å²) in [6.45, 7) is 0.645. The highest BCUT2D eigenvalue weighted by molar-refractivity contribution is 5.87. The van der Waals surface area contributed by atoms with Crippen molar-refractivity contribution >= 4 is 23.6 Å². The Morgan fingerprint density at radius 1 is 0.746 bits per heavy atom. The number of rotatable bonds is 34. The van der Waals surface area contributed by atoms with Crippen LogP contribution in [0.4, 0.5) is 0 Å². The number of ether oxygens (including phenoxy) is 5. The zero-order valence-electron chi connectivity index (χ0n) is 36.8. The lowest BCUT2D eigenvalue weighted by Gasteiger charge is -2.39.